The molecule has 0 amide bonds. The molecule has 0 bridgehead atoms. The second-order valence-corrected chi connectivity index (χ2v) is 2.25. The highest BCUT2D eigenvalue weighted by atomic mass is 14.0. The Kier molecular flexibility index (Phi) is 4.65. The van der Waals surface area contributed by atoms with Crippen LogP contribution in [0.3, 0.4) is 0 Å². The Bertz CT molecular complexity index is 159. The van der Waals surface area contributed by atoms with E-state index in [1.807, 2.05) is 6.08 Å². The Morgan fingerprint density at radius 1 is 1.50 bits per heavy atom. The fraction of sp³-hybridized carbons (Fsp3) is 0.400. The molecule has 0 aliphatic heterocycles. The van der Waals surface area contributed by atoms with Gasteiger partial charge in [-0.05, 0) is 25.8 Å². The zero-order chi connectivity index (χ0) is 7.98. The van der Waals surface area contributed by atoms with Gasteiger partial charge in [-0.3, -0.25) is 0 Å². The van der Waals surface area contributed by atoms with E-state index in [1.165, 1.54) is 11.1 Å². The topological polar surface area (TPSA) is 0 Å². The van der Waals surface area contributed by atoms with Gasteiger partial charge in [-0.1, -0.05) is 37.3 Å². The van der Waals surface area contributed by atoms with Gasteiger partial charge in [0, 0.05) is 0 Å². The molecule has 10 heavy (non-hydrogen) atoms. The first-order valence-electron chi connectivity index (χ1n) is 3.71. The quantitative estimate of drug-likeness (QED) is 0.521. The largest absolute Gasteiger partial charge is 0.0991 e. The van der Waals surface area contributed by atoms with Crippen LogP contribution in [0, 0.1) is 0 Å². The van der Waals surface area contributed by atoms with Crippen molar-refractivity contribution in [2.24, 2.45) is 0 Å². The standard InChI is InChI=1S/C10H16/c1-5-8-10(7-3)9(4)6-2/h5-6,8H,1,7H2,2-4H3/b9-6+,10-8-. The molecule has 0 aromatic rings. The summed E-state index contributed by atoms with van der Waals surface area (Å²) >= 11 is 0. The van der Waals surface area contributed by atoms with Crippen molar-refractivity contribution >= 4 is 0 Å². The van der Waals surface area contributed by atoms with E-state index in [1.54, 1.807) is 0 Å². The fourth-order valence-corrected chi connectivity index (χ4v) is 0.856. The summed E-state index contributed by atoms with van der Waals surface area (Å²) in [5, 5.41) is 0. The predicted octanol–water partition coefficient (Wildman–Crippen LogP) is 3.48. The highest BCUT2D eigenvalue weighted by molar-refractivity contribution is 5.30. The Morgan fingerprint density at radius 2 is 2.10 bits per heavy atom. The minimum atomic E-state index is 1.09. The Morgan fingerprint density at radius 3 is 2.40 bits per heavy atom. The van der Waals surface area contributed by atoms with Gasteiger partial charge >= 0.3 is 0 Å². The molecule has 0 atom stereocenters. The lowest BCUT2D eigenvalue weighted by atomic mass is 10.1. The fourth-order valence-electron chi connectivity index (χ4n) is 0.856. The van der Waals surface area contributed by atoms with Crippen LogP contribution in [0.5, 0.6) is 0 Å². The maximum atomic E-state index is 3.66. The Labute approximate surface area is 64.0 Å². The van der Waals surface area contributed by atoms with Crippen LogP contribution in [-0.2, 0) is 0 Å². The van der Waals surface area contributed by atoms with Crippen molar-refractivity contribution in [3.8, 4) is 0 Å². The molecule has 0 heteroatoms. The molecule has 0 aliphatic carbocycles. The molecular weight excluding hydrogens is 120 g/mol. The average molecular weight is 136 g/mol. The maximum absolute atomic E-state index is 3.66. The van der Waals surface area contributed by atoms with E-state index in [4.69, 9.17) is 0 Å². The van der Waals surface area contributed by atoms with E-state index < -0.39 is 0 Å². The summed E-state index contributed by atoms with van der Waals surface area (Å²) in [6, 6.07) is 0. The van der Waals surface area contributed by atoms with Gasteiger partial charge in [-0.2, -0.15) is 0 Å². The first-order valence-corrected chi connectivity index (χ1v) is 3.71. The minimum absolute atomic E-state index is 1.09. The molecule has 0 aromatic heterocycles. The molecule has 0 rings (SSSR count). The summed E-state index contributed by atoms with van der Waals surface area (Å²) in [5.74, 6) is 0. The van der Waals surface area contributed by atoms with E-state index in [9.17, 15) is 0 Å². The molecule has 0 aromatic carbocycles. The van der Waals surface area contributed by atoms with Gasteiger partial charge in [0.05, 0.1) is 0 Å². The van der Waals surface area contributed by atoms with Crippen molar-refractivity contribution in [2.75, 3.05) is 0 Å². The van der Waals surface area contributed by atoms with Crippen LogP contribution in [0.2, 0.25) is 0 Å². The SMILES string of the molecule is C=C/C=C(CC)\C(C)=C\C. The lowest BCUT2D eigenvalue weighted by Gasteiger charge is -2.01. The normalized spacial score (nSPS) is 13.5. The van der Waals surface area contributed by atoms with Crippen LogP contribution in [0.25, 0.3) is 0 Å². The van der Waals surface area contributed by atoms with Crippen LogP contribution in [0.4, 0.5) is 0 Å². The van der Waals surface area contributed by atoms with Crippen molar-refractivity contribution in [3.63, 3.8) is 0 Å². The van der Waals surface area contributed by atoms with Crippen molar-refractivity contribution in [1.82, 2.24) is 0 Å². The number of hydrogen-bond donors (Lipinski definition) is 0. The first-order chi connectivity index (χ1) is 4.76. The summed E-state index contributed by atoms with van der Waals surface area (Å²) in [5.41, 5.74) is 2.72. The van der Waals surface area contributed by atoms with Crippen molar-refractivity contribution in [3.05, 3.63) is 36.0 Å². The molecular formula is C10H16. The van der Waals surface area contributed by atoms with Crippen LogP contribution >= 0.6 is 0 Å². The molecule has 0 saturated heterocycles. The van der Waals surface area contributed by atoms with Crippen LogP contribution in [0.1, 0.15) is 27.2 Å². The van der Waals surface area contributed by atoms with Gasteiger partial charge < -0.3 is 0 Å². The summed E-state index contributed by atoms with van der Waals surface area (Å²) < 4.78 is 0. The van der Waals surface area contributed by atoms with Gasteiger partial charge in [0.25, 0.3) is 0 Å². The zero-order valence-electron chi connectivity index (χ0n) is 7.15. The van der Waals surface area contributed by atoms with Gasteiger partial charge in [0.15, 0.2) is 0 Å². The average Bonchev–Trinajstić information content (AvgIpc) is 1.99. The summed E-state index contributed by atoms with van der Waals surface area (Å²) in [7, 11) is 0. The molecule has 0 unspecified atom stereocenters. The number of rotatable bonds is 3. The molecule has 56 valence electrons. The predicted molar refractivity (Wildman–Crippen MR) is 48.0 cm³/mol. The third-order valence-corrected chi connectivity index (χ3v) is 1.64. The molecule has 0 fully saturated rings. The lowest BCUT2D eigenvalue weighted by molar-refractivity contribution is 1.10. The monoisotopic (exact) mass is 136 g/mol. The first kappa shape index (κ1) is 9.22. The van der Waals surface area contributed by atoms with E-state index in [2.05, 4.69) is 39.5 Å². The Balaban J connectivity index is 4.35. The highest BCUT2D eigenvalue weighted by Gasteiger charge is 1.91. The van der Waals surface area contributed by atoms with E-state index in [0.717, 1.165) is 6.42 Å². The number of hydrogen-bond acceptors (Lipinski definition) is 0. The van der Waals surface area contributed by atoms with Gasteiger partial charge in [0.1, 0.15) is 0 Å². The van der Waals surface area contributed by atoms with Crippen molar-refractivity contribution in [2.45, 2.75) is 27.2 Å². The molecule has 0 spiro atoms. The molecule has 0 nitrogen and oxygen atoms in total. The third-order valence-electron chi connectivity index (χ3n) is 1.64. The van der Waals surface area contributed by atoms with E-state index >= 15 is 0 Å². The second-order valence-electron chi connectivity index (χ2n) is 2.25. The van der Waals surface area contributed by atoms with Crippen molar-refractivity contribution in [1.29, 1.82) is 0 Å². The summed E-state index contributed by atoms with van der Waals surface area (Å²) in [6.45, 7) is 10.00. The van der Waals surface area contributed by atoms with Crippen molar-refractivity contribution < 1.29 is 0 Å². The number of allylic oxidation sites excluding steroid dienone is 5. The maximum Gasteiger partial charge on any atom is -0.0305 e. The minimum Gasteiger partial charge on any atom is -0.0991 e. The molecule has 0 aliphatic rings. The van der Waals surface area contributed by atoms with Gasteiger partial charge in [-0.15, -0.1) is 0 Å². The highest BCUT2D eigenvalue weighted by Crippen LogP contribution is 2.12. The zero-order valence-corrected chi connectivity index (χ0v) is 7.15. The smallest absolute Gasteiger partial charge is 0.0305 e. The summed E-state index contributed by atoms with van der Waals surface area (Å²) in [4.78, 5) is 0. The molecule has 0 radical (unpaired) electrons. The summed E-state index contributed by atoms with van der Waals surface area (Å²) in [6.07, 6.45) is 7.11. The van der Waals surface area contributed by atoms with Gasteiger partial charge in [0.2, 0.25) is 0 Å². The lowest BCUT2D eigenvalue weighted by Crippen LogP contribution is -1.81. The molecule has 0 N–H and O–H groups in total. The van der Waals surface area contributed by atoms with E-state index in [-0.39, 0.29) is 0 Å². The van der Waals surface area contributed by atoms with Crippen LogP contribution < -0.4 is 0 Å². The van der Waals surface area contributed by atoms with Crippen LogP contribution in [0.15, 0.2) is 36.0 Å². The van der Waals surface area contributed by atoms with Crippen LogP contribution in [-0.4, -0.2) is 0 Å². The second kappa shape index (κ2) is 5.04. The Hall–Kier alpha value is -0.780. The van der Waals surface area contributed by atoms with Gasteiger partial charge in [-0.25, -0.2) is 0 Å². The van der Waals surface area contributed by atoms with E-state index in [0.29, 0.717) is 0 Å². The third kappa shape index (κ3) is 2.67. The molecule has 0 saturated carbocycles. The molecule has 0 heterocycles.